The molecular formula is C10H10N2O4. The van der Waals surface area contributed by atoms with Crippen molar-refractivity contribution in [2.24, 2.45) is 0 Å². The number of terminal acetylenes is 1. The van der Waals surface area contributed by atoms with Crippen LogP contribution in [0.1, 0.15) is 22.7 Å². The van der Waals surface area contributed by atoms with E-state index in [4.69, 9.17) is 15.9 Å². The Morgan fingerprint density at radius 2 is 2.44 bits per heavy atom. The molecule has 0 spiro atoms. The summed E-state index contributed by atoms with van der Waals surface area (Å²) < 4.78 is 4.82. The Balaban J connectivity index is 2.74. The molecule has 0 fully saturated rings. The van der Waals surface area contributed by atoms with E-state index in [9.17, 15) is 9.59 Å². The van der Waals surface area contributed by atoms with Crippen molar-refractivity contribution in [1.29, 1.82) is 0 Å². The number of hydrogen-bond donors (Lipinski definition) is 2. The van der Waals surface area contributed by atoms with Crippen LogP contribution in [0.3, 0.4) is 0 Å². The van der Waals surface area contributed by atoms with E-state index in [1.165, 1.54) is 0 Å². The third-order valence-corrected chi connectivity index (χ3v) is 1.88. The third kappa shape index (κ3) is 2.60. The zero-order valence-corrected chi connectivity index (χ0v) is 8.56. The van der Waals surface area contributed by atoms with Gasteiger partial charge < -0.3 is 14.8 Å². The van der Waals surface area contributed by atoms with E-state index < -0.39 is 17.9 Å². The lowest BCUT2D eigenvalue weighted by Crippen LogP contribution is -2.40. The Hall–Kier alpha value is -2.29. The number of carbonyl (C=O) groups is 2. The maximum atomic E-state index is 11.5. The third-order valence-electron chi connectivity index (χ3n) is 1.88. The zero-order valence-electron chi connectivity index (χ0n) is 8.56. The molecule has 1 rings (SSSR count). The lowest BCUT2D eigenvalue weighted by Gasteiger charge is -2.10. The fraction of sp³-hybridized carbons (Fsp3) is 0.300. The standard InChI is InChI=1S/C10H10N2O4/c1-3-4-7(10(14)15)12-9(13)8-6(2)11-5-16-8/h1,5,7H,4H2,2H3,(H,12,13)(H,14,15). The van der Waals surface area contributed by atoms with Crippen LogP contribution in [0.5, 0.6) is 0 Å². The minimum Gasteiger partial charge on any atom is -0.480 e. The molecule has 0 radical (unpaired) electrons. The number of oxazole rings is 1. The number of hydrogen-bond acceptors (Lipinski definition) is 4. The molecule has 6 heteroatoms. The van der Waals surface area contributed by atoms with E-state index in [0.29, 0.717) is 5.69 Å². The van der Waals surface area contributed by atoms with Crippen molar-refractivity contribution in [2.75, 3.05) is 0 Å². The van der Waals surface area contributed by atoms with Crippen molar-refractivity contribution in [1.82, 2.24) is 10.3 Å². The number of aromatic nitrogens is 1. The fourth-order valence-electron chi connectivity index (χ4n) is 1.06. The van der Waals surface area contributed by atoms with Gasteiger partial charge in [0.2, 0.25) is 5.76 Å². The second-order valence-electron chi connectivity index (χ2n) is 3.04. The van der Waals surface area contributed by atoms with Gasteiger partial charge in [0.05, 0.1) is 5.69 Å². The number of aliphatic carboxylic acids is 1. The van der Waals surface area contributed by atoms with Gasteiger partial charge in [-0.2, -0.15) is 0 Å². The van der Waals surface area contributed by atoms with E-state index >= 15 is 0 Å². The van der Waals surface area contributed by atoms with Crippen molar-refractivity contribution in [3.05, 3.63) is 17.8 Å². The van der Waals surface area contributed by atoms with Crippen LogP contribution in [0.2, 0.25) is 0 Å². The number of amides is 1. The van der Waals surface area contributed by atoms with Crippen LogP contribution >= 0.6 is 0 Å². The molecule has 1 aromatic rings. The number of nitrogens with one attached hydrogen (secondary N) is 1. The summed E-state index contributed by atoms with van der Waals surface area (Å²) in [6.45, 7) is 1.58. The minimum absolute atomic E-state index is 0.0109. The predicted octanol–water partition coefficient (Wildman–Crippen LogP) is 0.189. The highest BCUT2D eigenvalue weighted by atomic mass is 16.4. The van der Waals surface area contributed by atoms with E-state index in [0.717, 1.165) is 6.39 Å². The maximum absolute atomic E-state index is 11.5. The molecule has 0 aliphatic rings. The molecule has 1 unspecified atom stereocenters. The first-order valence-electron chi connectivity index (χ1n) is 4.43. The molecule has 16 heavy (non-hydrogen) atoms. The van der Waals surface area contributed by atoms with Gasteiger partial charge in [0.1, 0.15) is 6.04 Å². The molecule has 0 saturated carbocycles. The number of rotatable bonds is 4. The molecule has 0 saturated heterocycles. The first kappa shape index (κ1) is 11.8. The average Bonchev–Trinajstić information content (AvgIpc) is 2.63. The second kappa shape index (κ2) is 4.98. The SMILES string of the molecule is C#CCC(NC(=O)c1ocnc1C)C(=O)O. The Morgan fingerprint density at radius 1 is 1.75 bits per heavy atom. The zero-order chi connectivity index (χ0) is 12.1. The van der Waals surface area contributed by atoms with Crippen LogP contribution in [-0.2, 0) is 4.79 Å². The van der Waals surface area contributed by atoms with Crippen LogP contribution in [0.25, 0.3) is 0 Å². The van der Waals surface area contributed by atoms with Crippen molar-refractivity contribution in [2.45, 2.75) is 19.4 Å². The quantitative estimate of drug-likeness (QED) is 0.709. The van der Waals surface area contributed by atoms with Gasteiger partial charge in [0.25, 0.3) is 5.91 Å². The predicted molar refractivity (Wildman–Crippen MR) is 53.6 cm³/mol. The van der Waals surface area contributed by atoms with E-state index in [1.807, 2.05) is 0 Å². The summed E-state index contributed by atoms with van der Waals surface area (Å²) in [5, 5.41) is 11.0. The molecule has 0 bridgehead atoms. The molecule has 2 N–H and O–H groups in total. The van der Waals surface area contributed by atoms with Crippen molar-refractivity contribution in [3.8, 4) is 12.3 Å². The summed E-state index contributed by atoms with van der Waals surface area (Å²) in [5.74, 6) is 0.329. The average molecular weight is 222 g/mol. The van der Waals surface area contributed by atoms with Crippen molar-refractivity contribution >= 4 is 11.9 Å². The van der Waals surface area contributed by atoms with Gasteiger partial charge in [0, 0.05) is 6.42 Å². The highest BCUT2D eigenvalue weighted by molar-refractivity contribution is 5.95. The first-order valence-corrected chi connectivity index (χ1v) is 4.43. The molecule has 1 aromatic heterocycles. The first-order chi connectivity index (χ1) is 7.56. The second-order valence-corrected chi connectivity index (χ2v) is 3.04. The minimum atomic E-state index is -1.19. The van der Waals surface area contributed by atoms with E-state index in [2.05, 4.69) is 16.2 Å². The molecule has 0 aliphatic heterocycles. The van der Waals surface area contributed by atoms with Gasteiger partial charge in [-0.1, -0.05) is 0 Å². The Morgan fingerprint density at radius 3 is 2.88 bits per heavy atom. The Kier molecular flexibility index (Phi) is 3.67. The molecule has 0 aromatic carbocycles. The van der Waals surface area contributed by atoms with Gasteiger partial charge in [-0.25, -0.2) is 9.78 Å². The highest BCUT2D eigenvalue weighted by Gasteiger charge is 2.22. The number of carboxylic acids is 1. The molecule has 84 valence electrons. The summed E-state index contributed by atoms with van der Waals surface area (Å²) in [4.78, 5) is 26.0. The number of carbonyl (C=O) groups excluding carboxylic acids is 1. The molecule has 1 heterocycles. The van der Waals surface area contributed by atoms with Gasteiger partial charge in [-0.05, 0) is 6.92 Å². The monoisotopic (exact) mass is 222 g/mol. The number of carboxylic acid groups (broad SMARTS) is 1. The van der Waals surface area contributed by atoms with Crippen LogP contribution in [0, 0.1) is 19.3 Å². The summed E-state index contributed by atoms with van der Waals surface area (Å²) in [5.41, 5.74) is 0.391. The van der Waals surface area contributed by atoms with Crippen molar-refractivity contribution < 1.29 is 19.1 Å². The summed E-state index contributed by atoms with van der Waals surface area (Å²) in [6.07, 6.45) is 6.01. The van der Waals surface area contributed by atoms with Gasteiger partial charge in [0.15, 0.2) is 6.39 Å². The summed E-state index contributed by atoms with van der Waals surface area (Å²) in [6, 6.07) is -1.12. The lowest BCUT2D eigenvalue weighted by atomic mass is 10.2. The van der Waals surface area contributed by atoms with Crippen LogP contribution in [-0.4, -0.2) is 28.0 Å². The smallest absolute Gasteiger partial charge is 0.327 e. The summed E-state index contributed by atoms with van der Waals surface area (Å²) in [7, 11) is 0. The molecule has 0 aliphatic carbocycles. The van der Waals surface area contributed by atoms with Crippen LogP contribution < -0.4 is 5.32 Å². The number of nitrogens with zero attached hydrogens (tertiary/aromatic N) is 1. The Bertz CT molecular complexity index is 444. The van der Waals surface area contributed by atoms with Gasteiger partial charge in [-0.15, -0.1) is 12.3 Å². The fourth-order valence-corrected chi connectivity index (χ4v) is 1.06. The lowest BCUT2D eigenvalue weighted by molar-refractivity contribution is -0.139. The maximum Gasteiger partial charge on any atom is 0.327 e. The van der Waals surface area contributed by atoms with Gasteiger partial charge in [-0.3, -0.25) is 4.79 Å². The van der Waals surface area contributed by atoms with Crippen LogP contribution in [0.4, 0.5) is 0 Å². The highest BCUT2D eigenvalue weighted by Crippen LogP contribution is 2.05. The molecule has 6 nitrogen and oxygen atoms in total. The molecule has 1 atom stereocenters. The van der Waals surface area contributed by atoms with Crippen LogP contribution in [0.15, 0.2) is 10.8 Å². The van der Waals surface area contributed by atoms with Gasteiger partial charge >= 0.3 is 5.97 Å². The van der Waals surface area contributed by atoms with Crippen molar-refractivity contribution in [3.63, 3.8) is 0 Å². The molecule has 1 amide bonds. The van der Waals surface area contributed by atoms with E-state index in [1.54, 1.807) is 6.92 Å². The normalized spacial score (nSPS) is 11.5. The largest absolute Gasteiger partial charge is 0.480 e. The topological polar surface area (TPSA) is 92.4 Å². The summed E-state index contributed by atoms with van der Waals surface area (Å²) >= 11 is 0. The van der Waals surface area contributed by atoms with E-state index in [-0.39, 0.29) is 12.2 Å². The number of aryl methyl sites for hydroxylation is 1. The molecular weight excluding hydrogens is 212 g/mol. The Labute approximate surface area is 91.7 Å².